The molecule has 0 aliphatic carbocycles. The highest BCUT2D eigenvalue weighted by Gasteiger charge is 2.05. The molecule has 0 fully saturated rings. The zero-order chi connectivity index (χ0) is 12.2. The van der Waals surface area contributed by atoms with E-state index in [0.717, 1.165) is 51.4 Å². The predicted octanol–water partition coefficient (Wildman–Crippen LogP) is 3.65. The Labute approximate surface area is 101 Å². The van der Waals surface area contributed by atoms with E-state index in [-0.39, 0.29) is 12.2 Å². The third kappa shape index (κ3) is 10.4. The lowest BCUT2D eigenvalue weighted by molar-refractivity contribution is 0.133. The highest BCUT2D eigenvalue weighted by atomic mass is 16.3. The molecule has 0 saturated carbocycles. The summed E-state index contributed by atoms with van der Waals surface area (Å²) in [6.45, 7) is 4.28. The summed E-state index contributed by atoms with van der Waals surface area (Å²) in [6, 6.07) is 0. The third-order valence-corrected chi connectivity index (χ3v) is 3.09. The maximum absolute atomic E-state index is 9.68. The van der Waals surface area contributed by atoms with E-state index in [1.807, 2.05) is 0 Å². The van der Waals surface area contributed by atoms with Gasteiger partial charge in [0, 0.05) is 0 Å². The molecule has 2 unspecified atom stereocenters. The quantitative estimate of drug-likeness (QED) is 0.532. The van der Waals surface area contributed by atoms with Crippen LogP contribution < -0.4 is 0 Å². The average Bonchev–Trinajstić information content (AvgIpc) is 2.25. The molecule has 2 heteroatoms. The molecule has 16 heavy (non-hydrogen) atoms. The van der Waals surface area contributed by atoms with Gasteiger partial charge in [-0.3, -0.25) is 0 Å². The molecule has 0 aliphatic heterocycles. The lowest BCUT2D eigenvalue weighted by Crippen LogP contribution is -2.08. The summed E-state index contributed by atoms with van der Waals surface area (Å²) in [5.74, 6) is 0. The average molecular weight is 230 g/mol. The summed E-state index contributed by atoms with van der Waals surface area (Å²) >= 11 is 0. The SMILES string of the molecule is CCCCCC(O)CCCCC(O)CCC. The number of aliphatic hydroxyl groups excluding tert-OH is 2. The molecular formula is C14H30O2. The minimum Gasteiger partial charge on any atom is -0.393 e. The topological polar surface area (TPSA) is 40.5 Å². The molecule has 0 amide bonds. The molecule has 0 rings (SSSR count). The van der Waals surface area contributed by atoms with Gasteiger partial charge in [0.05, 0.1) is 12.2 Å². The van der Waals surface area contributed by atoms with E-state index in [2.05, 4.69) is 13.8 Å². The van der Waals surface area contributed by atoms with Gasteiger partial charge in [0.15, 0.2) is 0 Å². The van der Waals surface area contributed by atoms with Crippen molar-refractivity contribution < 1.29 is 10.2 Å². The smallest absolute Gasteiger partial charge is 0.0540 e. The van der Waals surface area contributed by atoms with Crippen molar-refractivity contribution in [2.24, 2.45) is 0 Å². The van der Waals surface area contributed by atoms with Crippen LogP contribution in [0.2, 0.25) is 0 Å². The summed E-state index contributed by atoms with van der Waals surface area (Å²) < 4.78 is 0. The van der Waals surface area contributed by atoms with Gasteiger partial charge in [-0.2, -0.15) is 0 Å². The lowest BCUT2D eigenvalue weighted by Gasteiger charge is -2.11. The molecule has 0 saturated heterocycles. The fourth-order valence-corrected chi connectivity index (χ4v) is 2.01. The Bertz CT molecular complexity index is 137. The van der Waals surface area contributed by atoms with Crippen LogP contribution in [0, 0.1) is 0 Å². The third-order valence-electron chi connectivity index (χ3n) is 3.09. The van der Waals surface area contributed by atoms with Crippen molar-refractivity contribution >= 4 is 0 Å². The van der Waals surface area contributed by atoms with E-state index < -0.39 is 0 Å². The van der Waals surface area contributed by atoms with E-state index in [4.69, 9.17) is 0 Å². The van der Waals surface area contributed by atoms with Crippen LogP contribution in [0.15, 0.2) is 0 Å². The Morgan fingerprint density at radius 3 is 1.50 bits per heavy atom. The highest BCUT2D eigenvalue weighted by Crippen LogP contribution is 2.12. The fourth-order valence-electron chi connectivity index (χ4n) is 2.01. The zero-order valence-electron chi connectivity index (χ0n) is 11.1. The first-order valence-corrected chi connectivity index (χ1v) is 7.06. The van der Waals surface area contributed by atoms with Gasteiger partial charge in [0.1, 0.15) is 0 Å². The standard InChI is InChI=1S/C14H30O2/c1-3-5-6-10-14(16)12-8-7-11-13(15)9-4-2/h13-16H,3-12H2,1-2H3. The molecule has 0 heterocycles. The van der Waals surface area contributed by atoms with Crippen molar-refractivity contribution in [2.75, 3.05) is 0 Å². The van der Waals surface area contributed by atoms with Crippen molar-refractivity contribution in [3.63, 3.8) is 0 Å². The predicted molar refractivity (Wildman–Crippen MR) is 69.5 cm³/mol. The van der Waals surface area contributed by atoms with Crippen LogP contribution in [0.25, 0.3) is 0 Å². The zero-order valence-corrected chi connectivity index (χ0v) is 11.1. The molecule has 2 atom stereocenters. The Morgan fingerprint density at radius 2 is 1.06 bits per heavy atom. The second-order valence-corrected chi connectivity index (χ2v) is 4.88. The van der Waals surface area contributed by atoms with Crippen LogP contribution in [0.3, 0.4) is 0 Å². The van der Waals surface area contributed by atoms with Crippen molar-refractivity contribution in [1.29, 1.82) is 0 Å². The molecule has 0 aromatic heterocycles. The first-order chi connectivity index (χ1) is 7.70. The van der Waals surface area contributed by atoms with Crippen molar-refractivity contribution in [3.05, 3.63) is 0 Å². The summed E-state index contributed by atoms with van der Waals surface area (Å²) in [5, 5.41) is 19.2. The largest absolute Gasteiger partial charge is 0.393 e. The minimum atomic E-state index is -0.123. The summed E-state index contributed by atoms with van der Waals surface area (Å²) in [4.78, 5) is 0. The van der Waals surface area contributed by atoms with Gasteiger partial charge in [0.25, 0.3) is 0 Å². The molecule has 0 bridgehead atoms. The summed E-state index contributed by atoms with van der Waals surface area (Å²) in [6.07, 6.45) is 10.2. The van der Waals surface area contributed by atoms with E-state index >= 15 is 0 Å². The highest BCUT2D eigenvalue weighted by molar-refractivity contribution is 4.59. The van der Waals surface area contributed by atoms with Crippen LogP contribution in [0.5, 0.6) is 0 Å². The first kappa shape index (κ1) is 15.9. The molecule has 0 aromatic carbocycles. The summed E-state index contributed by atoms with van der Waals surface area (Å²) in [7, 11) is 0. The molecule has 0 spiro atoms. The van der Waals surface area contributed by atoms with Crippen molar-refractivity contribution in [1.82, 2.24) is 0 Å². The number of hydrogen-bond acceptors (Lipinski definition) is 2. The van der Waals surface area contributed by atoms with Crippen LogP contribution in [-0.2, 0) is 0 Å². The Morgan fingerprint density at radius 1 is 0.625 bits per heavy atom. The molecule has 0 radical (unpaired) electrons. The number of hydrogen-bond donors (Lipinski definition) is 2. The monoisotopic (exact) mass is 230 g/mol. The first-order valence-electron chi connectivity index (χ1n) is 7.06. The van der Waals surface area contributed by atoms with E-state index in [1.165, 1.54) is 12.8 Å². The van der Waals surface area contributed by atoms with Crippen molar-refractivity contribution in [2.45, 2.75) is 90.3 Å². The van der Waals surface area contributed by atoms with E-state index in [9.17, 15) is 10.2 Å². The number of aliphatic hydroxyl groups is 2. The van der Waals surface area contributed by atoms with Crippen molar-refractivity contribution in [3.8, 4) is 0 Å². The second kappa shape index (κ2) is 11.4. The molecule has 98 valence electrons. The number of unbranched alkanes of at least 4 members (excludes halogenated alkanes) is 3. The molecule has 0 aromatic rings. The Balaban J connectivity index is 3.23. The van der Waals surface area contributed by atoms with Crippen LogP contribution in [0.1, 0.15) is 78.1 Å². The maximum Gasteiger partial charge on any atom is 0.0540 e. The van der Waals surface area contributed by atoms with Gasteiger partial charge in [-0.15, -0.1) is 0 Å². The molecule has 0 aliphatic rings. The van der Waals surface area contributed by atoms with Gasteiger partial charge >= 0.3 is 0 Å². The van der Waals surface area contributed by atoms with E-state index in [1.54, 1.807) is 0 Å². The normalized spacial score (nSPS) is 15.0. The second-order valence-electron chi connectivity index (χ2n) is 4.88. The minimum absolute atomic E-state index is 0.116. The van der Waals surface area contributed by atoms with Gasteiger partial charge in [-0.1, -0.05) is 52.4 Å². The Kier molecular flexibility index (Phi) is 11.3. The number of rotatable bonds is 11. The van der Waals surface area contributed by atoms with Crippen LogP contribution in [0.4, 0.5) is 0 Å². The van der Waals surface area contributed by atoms with Crippen LogP contribution in [-0.4, -0.2) is 22.4 Å². The maximum atomic E-state index is 9.68. The molecule has 2 N–H and O–H groups in total. The molecular weight excluding hydrogens is 200 g/mol. The van der Waals surface area contributed by atoms with Gasteiger partial charge in [-0.05, 0) is 25.7 Å². The molecule has 2 nitrogen and oxygen atoms in total. The van der Waals surface area contributed by atoms with Gasteiger partial charge in [0.2, 0.25) is 0 Å². The fraction of sp³-hybridized carbons (Fsp3) is 1.00. The van der Waals surface area contributed by atoms with E-state index in [0.29, 0.717) is 0 Å². The summed E-state index contributed by atoms with van der Waals surface area (Å²) in [5.41, 5.74) is 0. The Hall–Kier alpha value is -0.0800. The van der Waals surface area contributed by atoms with Crippen LogP contribution >= 0.6 is 0 Å². The van der Waals surface area contributed by atoms with Gasteiger partial charge in [-0.25, -0.2) is 0 Å². The lowest BCUT2D eigenvalue weighted by atomic mass is 10.0. The van der Waals surface area contributed by atoms with Gasteiger partial charge < -0.3 is 10.2 Å².